The van der Waals surface area contributed by atoms with Crippen molar-refractivity contribution in [1.29, 1.82) is 0 Å². The van der Waals surface area contributed by atoms with E-state index < -0.39 is 0 Å². The van der Waals surface area contributed by atoms with Crippen molar-refractivity contribution in [2.45, 2.75) is 0 Å². The minimum atomic E-state index is 1.23. The topological polar surface area (TPSA) is 0 Å². The van der Waals surface area contributed by atoms with Gasteiger partial charge in [0.15, 0.2) is 0 Å². The molecule has 12 aromatic carbocycles. The standard InChI is InChI=1S/C56H34/c1-3-7-47-37(5-1)17-19-45-33-43(25-29-51(45)47)35-9-13-39(14-10-35)49-27-21-41-24-32-54-50(28-22-42-23-31-53(49)55(41)56(42)54)40-15-11-36(12-16-40)44-26-30-52-46(34-44)20-18-38-6-2-4-8-48(38)52/h1-34H. The summed E-state index contributed by atoms with van der Waals surface area (Å²) >= 11 is 0. The average molecular weight is 707 g/mol. The molecule has 0 nitrogen and oxygen atoms in total. The van der Waals surface area contributed by atoms with Crippen LogP contribution in [0.2, 0.25) is 0 Å². The summed E-state index contributed by atoms with van der Waals surface area (Å²) in [6.07, 6.45) is 0. The maximum absolute atomic E-state index is 2.32. The molecule has 0 aliphatic carbocycles. The van der Waals surface area contributed by atoms with E-state index in [0.717, 1.165) is 0 Å². The summed E-state index contributed by atoms with van der Waals surface area (Å²) in [6, 6.07) is 76.6. The molecule has 0 radical (unpaired) electrons. The van der Waals surface area contributed by atoms with E-state index in [1.165, 1.54) is 120 Å². The van der Waals surface area contributed by atoms with Crippen LogP contribution in [0.1, 0.15) is 0 Å². The van der Waals surface area contributed by atoms with Gasteiger partial charge < -0.3 is 0 Å². The predicted octanol–water partition coefficient (Wildman–Crippen LogP) is 15.9. The van der Waals surface area contributed by atoms with Crippen molar-refractivity contribution in [3.05, 3.63) is 206 Å². The lowest BCUT2D eigenvalue weighted by Crippen LogP contribution is -1.90. The normalized spacial score (nSPS) is 11.9. The first kappa shape index (κ1) is 31.1. The van der Waals surface area contributed by atoms with Crippen LogP contribution in [0.15, 0.2) is 206 Å². The van der Waals surface area contributed by atoms with Gasteiger partial charge in [0.25, 0.3) is 0 Å². The van der Waals surface area contributed by atoms with Crippen molar-refractivity contribution >= 4 is 75.4 Å². The van der Waals surface area contributed by atoms with E-state index in [1.54, 1.807) is 0 Å². The van der Waals surface area contributed by atoms with Crippen LogP contribution in [0.3, 0.4) is 0 Å². The third-order valence-corrected chi connectivity index (χ3v) is 12.2. The second-order valence-corrected chi connectivity index (χ2v) is 15.2. The van der Waals surface area contributed by atoms with Crippen molar-refractivity contribution in [3.63, 3.8) is 0 Å². The van der Waals surface area contributed by atoms with Gasteiger partial charge in [0.05, 0.1) is 0 Å². The van der Waals surface area contributed by atoms with Crippen molar-refractivity contribution < 1.29 is 0 Å². The van der Waals surface area contributed by atoms with Gasteiger partial charge in [-0.15, -0.1) is 0 Å². The molecule has 0 amide bonds. The van der Waals surface area contributed by atoms with E-state index in [1.807, 2.05) is 0 Å². The summed E-state index contributed by atoms with van der Waals surface area (Å²) in [5.41, 5.74) is 9.93. The molecule has 0 fully saturated rings. The Kier molecular flexibility index (Phi) is 6.73. The molecule has 12 aromatic rings. The highest BCUT2D eigenvalue weighted by molar-refractivity contribution is 6.27. The van der Waals surface area contributed by atoms with Crippen molar-refractivity contribution in [2.24, 2.45) is 0 Å². The molecule has 258 valence electrons. The zero-order valence-electron chi connectivity index (χ0n) is 30.6. The molecule has 0 saturated heterocycles. The number of rotatable bonds is 4. The lowest BCUT2D eigenvalue weighted by molar-refractivity contribution is 1.62. The van der Waals surface area contributed by atoms with Crippen LogP contribution >= 0.6 is 0 Å². The molecule has 0 N–H and O–H groups in total. The average Bonchev–Trinajstić information content (AvgIpc) is 3.27. The summed E-state index contributed by atoms with van der Waals surface area (Å²) in [4.78, 5) is 0. The number of hydrogen-bond donors (Lipinski definition) is 0. The summed E-state index contributed by atoms with van der Waals surface area (Å²) in [7, 11) is 0. The first-order valence-electron chi connectivity index (χ1n) is 19.5. The highest BCUT2D eigenvalue weighted by Gasteiger charge is 2.15. The molecule has 0 bridgehead atoms. The molecule has 0 aromatic heterocycles. The molecule has 0 heterocycles. The zero-order valence-corrected chi connectivity index (χ0v) is 30.6. The minimum Gasteiger partial charge on any atom is -0.0616 e. The second-order valence-electron chi connectivity index (χ2n) is 15.2. The summed E-state index contributed by atoms with van der Waals surface area (Å²) in [5.74, 6) is 0. The van der Waals surface area contributed by atoms with E-state index in [2.05, 4.69) is 206 Å². The lowest BCUT2D eigenvalue weighted by Gasteiger charge is -2.17. The van der Waals surface area contributed by atoms with Crippen LogP contribution in [-0.2, 0) is 0 Å². The van der Waals surface area contributed by atoms with Gasteiger partial charge in [-0.3, -0.25) is 0 Å². The number of benzene rings is 12. The Morgan fingerprint density at radius 3 is 0.964 bits per heavy atom. The fourth-order valence-electron chi connectivity index (χ4n) is 9.37. The zero-order chi connectivity index (χ0) is 36.7. The van der Waals surface area contributed by atoms with E-state index in [9.17, 15) is 0 Å². The first-order chi connectivity index (χ1) is 27.7. The summed E-state index contributed by atoms with van der Waals surface area (Å²) in [6.45, 7) is 0. The third-order valence-electron chi connectivity index (χ3n) is 12.2. The molecule has 0 aliphatic rings. The molecule has 12 rings (SSSR count). The Morgan fingerprint density at radius 2 is 0.500 bits per heavy atom. The molecule has 0 unspecified atom stereocenters. The van der Waals surface area contributed by atoms with Crippen LogP contribution in [0, 0.1) is 0 Å². The number of fused-ring (bicyclic) bond motifs is 6. The highest BCUT2D eigenvalue weighted by Crippen LogP contribution is 2.43. The van der Waals surface area contributed by atoms with E-state index >= 15 is 0 Å². The molecule has 0 aliphatic heterocycles. The smallest absolute Gasteiger partial charge is 0.00203 e. The van der Waals surface area contributed by atoms with Crippen LogP contribution in [0.4, 0.5) is 0 Å². The first-order valence-corrected chi connectivity index (χ1v) is 19.5. The number of hydrogen-bond acceptors (Lipinski definition) is 0. The van der Waals surface area contributed by atoms with E-state index in [4.69, 9.17) is 0 Å². The van der Waals surface area contributed by atoms with Crippen LogP contribution in [-0.4, -0.2) is 0 Å². The van der Waals surface area contributed by atoms with Crippen molar-refractivity contribution in [2.75, 3.05) is 0 Å². The SMILES string of the molecule is c1ccc2c(c1)ccc1cc(-c3ccc(-c4ccc5ccc6c(-c7ccc(-c8ccc9c(ccc%10ccccc%109)c8)cc7)ccc7ccc4c5c76)cc3)ccc12. The summed E-state index contributed by atoms with van der Waals surface area (Å²) in [5, 5.41) is 18.1. The van der Waals surface area contributed by atoms with Crippen LogP contribution < -0.4 is 0 Å². The van der Waals surface area contributed by atoms with Gasteiger partial charge in [0.2, 0.25) is 0 Å². The lowest BCUT2D eigenvalue weighted by atomic mass is 9.87. The van der Waals surface area contributed by atoms with Gasteiger partial charge >= 0.3 is 0 Å². The van der Waals surface area contributed by atoms with Gasteiger partial charge in [-0.05, 0) is 132 Å². The quantitative estimate of drug-likeness (QED) is 0.160. The fourth-order valence-corrected chi connectivity index (χ4v) is 9.37. The second kappa shape index (κ2) is 12.1. The highest BCUT2D eigenvalue weighted by atomic mass is 14.2. The predicted molar refractivity (Wildman–Crippen MR) is 242 cm³/mol. The molecule has 0 saturated carbocycles. The Labute approximate surface area is 324 Å². The monoisotopic (exact) mass is 706 g/mol. The van der Waals surface area contributed by atoms with Crippen LogP contribution in [0.5, 0.6) is 0 Å². The van der Waals surface area contributed by atoms with Gasteiger partial charge in [-0.1, -0.05) is 194 Å². The fraction of sp³-hybridized carbons (Fsp3) is 0. The van der Waals surface area contributed by atoms with Crippen molar-refractivity contribution in [3.8, 4) is 44.5 Å². The van der Waals surface area contributed by atoms with Gasteiger partial charge in [-0.2, -0.15) is 0 Å². The Morgan fingerprint density at radius 1 is 0.179 bits per heavy atom. The molecular formula is C56H34. The maximum Gasteiger partial charge on any atom is -0.00203 e. The Balaban J connectivity index is 0.905. The molecule has 56 heavy (non-hydrogen) atoms. The van der Waals surface area contributed by atoms with Gasteiger partial charge in [-0.25, -0.2) is 0 Å². The van der Waals surface area contributed by atoms with Crippen LogP contribution in [0.25, 0.3) is 120 Å². The largest absolute Gasteiger partial charge is 0.0616 e. The van der Waals surface area contributed by atoms with Crippen molar-refractivity contribution in [1.82, 2.24) is 0 Å². The maximum atomic E-state index is 2.32. The Bertz CT molecular complexity index is 3260. The summed E-state index contributed by atoms with van der Waals surface area (Å²) < 4.78 is 0. The van der Waals surface area contributed by atoms with E-state index in [-0.39, 0.29) is 0 Å². The molecule has 0 atom stereocenters. The molecular weight excluding hydrogens is 673 g/mol. The molecule has 0 heteroatoms. The van der Waals surface area contributed by atoms with Gasteiger partial charge in [0, 0.05) is 0 Å². The minimum absolute atomic E-state index is 1.23. The van der Waals surface area contributed by atoms with E-state index in [0.29, 0.717) is 0 Å². The molecule has 0 spiro atoms. The Hall–Kier alpha value is -7.28. The third kappa shape index (κ3) is 4.79. The van der Waals surface area contributed by atoms with Gasteiger partial charge in [0.1, 0.15) is 0 Å².